The highest BCUT2D eigenvalue weighted by Crippen LogP contribution is 2.69. The lowest BCUT2D eigenvalue weighted by Crippen LogP contribution is -2.26. The lowest BCUT2D eigenvalue weighted by molar-refractivity contribution is 0.506. The highest BCUT2D eigenvalue weighted by molar-refractivity contribution is 6.11. The van der Waals surface area contributed by atoms with Gasteiger partial charge in [-0.2, -0.15) is 0 Å². The summed E-state index contributed by atoms with van der Waals surface area (Å²) in [6.45, 7) is 0. The van der Waals surface area contributed by atoms with E-state index >= 15 is 0 Å². The first-order valence-corrected chi connectivity index (χ1v) is 42.7. The van der Waals surface area contributed by atoms with Crippen LogP contribution in [0.2, 0.25) is 0 Å². The first kappa shape index (κ1) is 69.6. The number of nitrogens with zero attached hydrogens (tertiary/aromatic N) is 4. The quantitative estimate of drug-likeness (QED) is 0.115. The Bertz CT molecular complexity index is 8170. The van der Waals surface area contributed by atoms with Crippen molar-refractivity contribution in [2.24, 2.45) is 0 Å². The summed E-state index contributed by atoms with van der Waals surface area (Å²) in [4.78, 5) is 9.74. The molecule has 0 bridgehead atoms. The van der Waals surface area contributed by atoms with Gasteiger partial charge < -0.3 is 28.4 Å². The number of hydrogen-bond acceptors (Lipinski definition) is 6. The van der Waals surface area contributed by atoms with Crippen LogP contribution in [0.1, 0.15) is 44.9 Å². The lowest BCUT2D eigenvalue weighted by Gasteiger charge is -2.32. The van der Waals surface area contributed by atoms with E-state index in [1.807, 2.05) is 0 Å². The molecule has 4 aliphatic carbocycles. The Kier molecular flexibility index (Phi) is 15.2. The summed E-state index contributed by atoms with van der Waals surface area (Å²) < 4.78 is 15.3. The SMILES string of the molecule is c1ccc(N(c2ccc3c(c2)C2(c4ccccc4-3)c3cc(N(c4ccccc4)c4ccc5ccccc5c4)ccc3-c3c2oc2ccc(-c4ccc5c(N(c6ccccc6)c6ccc7c(c6)C6(c8ccccc8-7)c7cc(N(c8ccccc8)c8cccc9ccccc89)ccc7-c7c6oc6ccccc76)cccc5c4)cc32)c2ccc3ccccc3c2)cc1. The molecular weight excluding hydrogens is 1510 g/mol. The van der Waals surface area contributed by atoms with Crippen LogP contribution in [0.5, 0.6) is 0 Å². The molecule has 0 amide bonds. The van der Waals surface area contributed by atoms with Crippen LogP contribution in [0.25, 0.3) is 121 Å². The fourth-order valence-corrected chi connectivity index (χ4v) is 21.6. The summed E-state index contributed by atoms with van der Waals surface area (Å²) in [5, 5.41) is 11.5. The van der Waals surface area contributed by atoms with Crippen molar-refractivity contribution in [1.29, 1.82) is 0 Å². The van der Waals surface area contributed by atoms with Gasteiger partial charge in [0.1, 0.15) is 33.5 Å². The number of anilines is 12. The largest absolute Gasteiger partial charge is 0.459 e. The second kappa shape index (κ2) is 27.1. The van der Waals surface area contributed by atoms with Gasteiger partial charge in [-0.25, -0.2) is 0 Å². The summed E-state index contributed by atoms with van der Waals surface area (Å²) in [5.74, 6) is 1.86. The molecule has 0 fully saturated rings. The standard InChI is InChI=1S/C118H74N4O2/c1-5-34-83(35-6-1)119(87-55-51-75-27-13-15-30-78(75)68-87)89-57-62-97-95-43-20-23-47-104(95)118(105(97)71-89)107-72-90(120(84-36-7-2-8-37-84)88-56-52-76-28-14-16-31-79(76)69-88)59-64-100(107)114-102-70-81(54-66-112(102)124-116(114)118)80-53-61-94-82(67-80)33-26-49-110(94)122(86-40-11-4-12-41-86)91-58-63-98-96-44-19-22-46-103(96)117(106(98)73-91)108-74-92(60-65-99(108)113-101-45-21-24-50-111(101)123-115(113)117)121(85-38-9-3-10-39-85)109-48-25-32-77-29-17-18-42-93(77)109/h1-74H. The average Bonchev–Trinajstić information content (AvgIpc) is 1.50. The van der Waals surface area contributed by atoms with Crippen LogP contribution in [-0.2, 0) is 10.8 Å². The molecule has 0 saturated heterocycles. The Balaban J connectivity index is 0.642. The van der Waals surface area contributed by atoms with Crippen LogP contribution < -0.4 is 19.6 Å². The number of rotatable bonds is 13. The van der Waals surface area contributed by atoms with Crippen LogP contribution in [-0.4, -0.2) is 0 Å². The van der Waals surface area contributed by atoms with Crippen molar-refractivity contribution >= 4 is 133 Å². The van der Waals surface area contributed by atoms with Crippen molar-refractivity contribution < 1.29 is 8.83 Å². The maximum atomic E-state index is 7.81. The van der Waals surface area contributed by atoms with E-state index in [4.69, 9.17) is 8.83 Å². The van der Waals surface area contributed by atoms with Gasteiger partial charge in [0.2, 0.25) is 0 Å². The summed E-state index contributed by atoms with van der Waals surface area (Å²) in [5.41, 5.74) is 31.3. The molecule has 6 heteroatoms. The molecule has 2 aromatic heterocycles. The molecule has 0 saturated carbocycles. The van der Waals surface area contributed by atoms with E-state index in [0.717, 1.165) is 140 Å². The summed E-state index contributed by atoms with van der Waals surface area (Å²) in [6, 6.07) is 166. The normalized spacial score (nSPS) is 14.7. The van der Waals surface area contributed by atoms with E-state index in [0.29, 0.717) is 0 Å². The maximum absolute atomic E-state index is 7.81. The topological polar surface area (TPSA) is 39.2 Å². The van der Waals surface area contributed by atoms with E-state index in [1.54, 1.807) is 0 Å². The molecule has 2 atom stereocenters. The summed E-state index contributed by atoms with van der Waals surface area (Å²) in [6.07, 6.45) is 0. The zero-order chi connectivity index (χ0) is 81.3. The molecule has 2 spiro atoms. The third-order valence-corrected chi connectivity index (χ3v) is 26.9. The van der Waals surface area contributed by atoms with Gasteiger partial charge in [-0.3, -0.25) is 0 Å². The van der Waals surface area contributed by atoms with Gasteiger partial charge in [0.05, 0.1) is 11.4 Å². The Hall–Kier alpha value is -16.3. The molecule has 20 aromatic carbocycles. The minimum Gasteiger partial charge on any atom is -0.459 e. The van der Waals surface area contributed by atoms with Gasteiger partial charge in [-0.05, 0) is 268 Å². The predicted molar refractivity (Wildman–Crippen MR) is 513 cm³/mol. The molecule has 2 unspecified atom stereocenters. The van der Waals surface area contributed by atoms with Crippen LogP contribution in [0.15, 0.2) is 458 Å². The fraction of sp³-hybridized carbons (Fsp3) is 0.0169. The summed E-state index contributed by atoms with van der Waals surface area (Å²) in [7, 11) is 0. The first-order valence-electron chi connectivity index (χ1n) is 42.7. The van der Waals surface area contributed by atoms with Gasteiger partial charge in [0.15, 0.2) is 0 Å². The highest BCUT2D eigenvalue weighted by Gasteiger charge is 2.58. The molecule has 0 radical (unpaired) electrons. The van der Waals surface area contributed by atoms with E-state index in [2.05, 4.69) is 469 Å². The van der Waals surface area contributed by atoms with Gasteiger partial charge in [-0.1, -0.05) is 291 Å². The van der Waals surface area contributed by atoms with Crippen molar-refractivity contribution in [1.82, 2.24) is 0 Å². The maximum Gasteiger partial charge on any atom is 0.135 e. The van der Waals surface area contributed by atoms with Crippen molar-refractivity contribution in [2.45, 2.75) is 10.8 Å². The molecule has 6 nitrogen and oxygen atoms in total. The molecule has 22 aromatic rings. The Morgan fingerprint density at radius 1 is 0.169 bits per heavy atom. The van der Waals surface area contributed by atoms with Gasteiger partial charge >= 0.3 is 0 Å². The fourth-order valence-electron chi connectivity index (χ4n) is 21.6. The third-order valence-electron chi connectivity index (χ3n) is 26.9. The van der Waals surface area contributed by atoms with E-state index < -0.39 is 10.8 Å². The minimum atomic E-state index is -0.906. The monoisotopic (exact) mass is 1580 g/mol. The lowest BCUT2D eigenvalue weighted by atomic mass is 9.73. The van der Waals surface area contributed by atoms with Crippen LogP contribution >= 0.6 is 0 Å². The van der Waals surface area contributed by atoms with Crippen LogP contribution in [0, 0.1) is 0 Å². The van der Waals surface area contributed by atoms with Crippen molar-refractivity contribution in [2.75, 3.05) is 19.6 Å². The van der Waals surface area contributed by atoms with Gasteiger partial charge in [0.25, 0.3) is 0 Å². The zero-order valence-electron chi connectivity index (χ0n) is 67.3. The molecule has 578 valence electrons. The smallest absolute Gasteiger partial charge is 0.135 e. The second-order valence-corrected chi connectivity index (χ2v) is 33.3. The molecule has 2 heterocycles. The van der Waals surface area contributed by atoms with E-state index in [-0.39, 0.29) is 0 Å². The number of para-hydroxylation sites is 5. The number of benzene rings is 20. The van der Waals surface area contributed by atoms with Crippen molar-refractivity contribution in [3.8, 4) is 55.6 Å². The minimum absolute atomic E-state index is 0.836. The van der Waals surface area contributed by atoms with E-state index in [1.165, 1.54) is 93.5 Å². The third kappa shape index (κ3) is 10.2. The highest BCUT2D eigenvalue weighted by atomic mass is 16.3. The Morgan fingerprint density at radius 3 is 1.02 bits per heavy atom. The van der Waals surface area contributed by atoms with Crippen LogP contribution in [0.3, 0.4) is 0 Å². The molecular formula is C118H74N4O2. The van der Waals surface area contributed by atoms with Gasteiger partial charge in [-0.15, -0.1) is 0 Å². The number of furan rings is 2. The molecule has 0 N–H and O–H groups in total. The Morgan fingerprint density at radius 2 is 0.508 bits per heavy atom. The van der Waals surface area contributed by atoms with Crippen LogP contribution in [0.4, 0.5) is 68.2 Å². The molecule has 124 heavy (non-hydrogen) atoms. The predicted octanol–water partition coefficient (Wildman–Crippen LogP) is 32.0. The first-order chi connectivity index (χ1) is 61.5. The molecule has 0 aliphatic heterocycles. The number of hydrogen-bond donors (Lipinski definition) is 0. The summed E-state index contributed by atoms with van der Waals surface area (Å²) >= 11 is 0. The Labute approximate surface area is 717 Å². The van der Waals surface area contributed by atoms with Crippen molar-refractivity contribution in [3.63, 3.8) is 0 Å². The van der Waals surface area contributed by atoms with Crippen molar-refractivity contribution in [3.05, 3.63) is 494 Å². The van der Waals surface area contributed by atoms with Gasteiger partial charge in [0, 0.05) is 89.5 Å². The molecule has 26 rings (SSSR count). The van der Waals surface area contributed by atoms with E-state index in [9.17, 15) is 0 Å². The zero-order valence-corrected chi connectivity index (χ0v) is 67.3. The average molecular weight is 1580 g/mol. The second-order valence-electron chi connectivity index (χ2n) is 33.3. The number of fused-ring (bicyclic) bond motifs is 28. The molecule has 4 aliphatic rings.